The van der Waals surface area contributed by atoms with E-state index in [1.165, 1.54) is 0 Å². The van der Waals surface area contributed by atoms with E-state index in [9.17, 15) is 4.79 Å². The van der Waals surface area contributed by atoms with Crippen molar-refractivity contribution in [1.29, 1.82) is 0 Å². The maximum absolute atomic E-state index is 12.3. The summed E-state index contributed by atoms with van der Waals surface area (Å²) in [6.07, 6.45) is 3.68. The quantitative estimate of drug-likeness (QED) is 0.828. The van der Waals surface area contributed by atoms with E-state index >= 15 is 0 Å². The van der Waals surface area contributed by atoms with Crippen LogP contribution in [0.2, 0.25) is 5.02 Å². The van der Waals surface area contributed by atoms with Crippen LogP contribution in [0.1, 0.15) is 32.2 Å². The molecule has 130 valence electrons. The fourth-order valence-corrected chi connectivity index (χ4v) is 2.74. The van der Waals surface area contributed by atoms with Gasteiger partial charge >= 0.3 is 6.03 Å². The van der Waals surface area contributed by atoms with Gasteiger partial charge in [0.25, 0.3) is 0 Å². The third-order valence-electron chi connectivity index (χ3n) is 3.63. The third kappa shape index (κ3) is 4.99. The lowest BCUT2D eigenvalue weighted by Gasteiger charge is -2.24. The highest BCUT2D eigenvalue weighted by Crippen LogP contribution is 2.17. The van der Waals surface area contributed by atoms with Gasteiger partial charge < -0.3 is 14.8 Å². The molecule has 1 aromatic heterocycles. The number of carbonyl (C=O) groups excluding carboxylic acids is 1. The van der Waals surface area contributed by atoms with Crippen LogP contribution < -0.4 is 5.32 Å². The molecule has 0 atom stereocenters. The van der Waals surface area contributed by atoms with Crippen LogP contribution in [-0.2, 0) is 13.1 Å². The Kier molecular flexibility index (Phi) is 6.67. The summed E-state index contributed by atoms with van der Waals surface area (Å²) >= 11 is 6.25. The van der Waals surface area contributed by atoms with Gasteiger partial charge in [-0.2, -0.15) is 0 Å². The second kappa shape index (κ2) is 8.73. The van der Waals surface area contributed by atoms with Crippen molar-refractivity contribution in [2.24, 2.45) is 5.92 Å². The standard InChI is InChI=1S/C18H25ClN4O/c1-4-20-18(24)23(11-14(2)3)13-17-21-9-10-22(17)12-15-7-5-6-8-16(15)19/h5-10,14H,4,11-13H2,1-3H3,(H,20,24). The zero-order chi connectivity index (χ0) is 17.5. The largest absolute Gasteiger partial charge is 0.338 e. The Morgan fingerprint density at radius 1 is 1.38 bits per heavy atom. The third-order valence-corrected chi connectivity index (χ3v) is 4.00. The van der Waals surface area contributed by atoms with E-state index in [0.29, 0.717) is 32.1 Å². The Bertz CT molecular complexity index is 669. The topological polar surface area (TPSA) is 50.2 Å². The molecule has 0 fully saturated rings. The van der Waals surface area contributed by atoms with Crippen LogP contribution >= 0.6 is 11.6 Å². The smallest absolute Gasteiger partial charge is 0.317 e. The first-order chi connectivity index (χ1) is 11.5. The van der Waals surface area contributed by atoms with Gasteiger partial charge in [0.1, 0.15) is 5.82 Å². The van der Waals surface area contributed by atoms with Crippen molar-refractivity contribution >= 4 is 17.6 Å². The Labute approximate surface area is 148 Å². The molecule has 0 saturated heterocycles. The Balaban J connectivity index is 2.15. The highest BCUT2D eigenvalue weighted by atomic mass is 35.5. The van der Waals surface area contributed by atoms with Crippen LogP contribution in [-0.4, -0.2) is 33.6 Å². The van der Waals surface area contributed by atoms with E-state index in [-0.39, 0.29) is 6.03 Å². The molecule has 1 N–H and O–H groups in total. The van der Waals surface area contributed by atoms with Crippen molar-refractivity contribution in [1.82, 2.24) is 19.8 Å². The fourth-order valence-electron chi connectivity index (χ4n) is 2.54. The van der Waals surface area contributed by atoms with Gasteiger partial charge in [-0.3, -0.25) is 0 Å². The van der Waals surface area contributed by atoms with Gasteiger partial charge in [-0.25, -0.2) is 9.78 Å². The molecule has 0 aliphatic carbocycles. The summed E-state index contributed by atoms with van der Waals surface area (Å²) in [5.41, 5.74) is 1.03. The number of benzene rings is 1. The van der Waals surface area contributed by atoms with Crippen molar-refractivity contribution in [2.75, 3.05) is 13.1 Å². The molecule has 0 radical (unpaired) electrons. The van der Waals surface area contributed by atoms with Crippen LogP contribution in [0.25, 0.3) is 0 Å². The number of amides is 2. The molecule has 0 spiro atoms. The van der Waals surface area contributed by atoms with Crippen LogP contribution in [0, 0.1) is 5.92 Å². The summed E-state index contributed by atoms with van der Waals surface area (Å²) in [6.45, 7) is 8.53. The zero-order valence-corrected chi connectivity index (χ0v) is 15.3. The number of hydrogen-bond acceptors (Lipinski definition) is 2. The number of halogens is 1. The minimum absolute atomic E-state index is 0.0570. The molecule has 0 bridgehead atoms. The Morgan fingerprint density at radius 3 is 2.79 bits per heavy atom. The molecule has 24 heavy (non-hydrogen) atoms. The fraction of sp³-hybridized carbons (Fsp3) is 0.444. The lowest BCUT2D eigenvalue weighted by molar-refractivity contribution is 0.186. The van der Waals surface area contributed by atoms with Crippen LogP contribution in [0.15, 0.2) is 36.7 Å². The summed E-state index contributed by atoms with van der Waals surface area (Å²) in [5, 5.41) is 3.61. The van der Waals surface area contributed by atoms with Crippen molar-refractivity contribution in [3.8, 4) is 0 Å². The summed E-state index contributed by atoms with van der Waals surface area (Å²) in [7, 11) is 0. The van der Waals surface area contributed by atoms with Crippen molar-refractivity contribution in [3.05, 3.63) is 53.1 Å². The maximum atomic E-state index is 12.3. The van der Waals surface area contributed by atoms with Crippen LogP contribution in [0.3, 0.4) is 0 Å². The second-order valence-corrected chi connectivity index (χ2v) is 6.58. The first-order valence-corrected chi connectivity index (χ1v) is 8.65. The average molecular weight is 349 g/mol. The lowest BCUT2D eigenvalue weighted by Crippen LogP contribution is -2.41. The van der Waals surface area contributed by atoms with Gasteiger partial charge in [0.15, 0.2) is 0 Å². The first kappa shape index (κ1) is 18.3. The van der Waals surface area contributed by atoms with Gasteiger partial charge in [-0.15, -0.1) is 0 Å². The SMILES string of the molecule is CCNC(=O)N(Cc1nccn1Cc1ccccc1Cl)CC(C)C. The molecule has 1 heterocycles. The molecule has 0 unspecified atom stereocenters. The highest BCUT2D eigenvalue weighted by molar-refractivity contribution is 6.31. The van der Waals surface area contributed by atoms with E-state index in [1.54, 1.807) is 11.1 Å². The molecule has 2 rings (SSSR count). The molecule has 2 amide bonds. The van der Waals surface area contributed by atoms with Crippen LogP contribution in [0.5, 0.6) is 0 Å². The number of imidazole rings is 1. The van der Waals surface area contributed by atoms with E-state index in [4.69, 9.17) is 11.6 Å². The molecule has 6 heteroatoms. The normalized spacial score (nSPS) is 10.9. The number of hydrogen-bond donors (Lipinski definition) is 1. The summed E-state index contributed by atoms with van der Waals surface area (Å²) in [5.74, 6) is 1.24. The van der Waals surface area contributed by atoms with E-state index < -0.39 is 0 Å². The highest BCUT2D eigenvalue weighted by Gasteiger charge is 2.17. The molecule has 0 aliphatic heterocycles. The minimum atomic E-state index is -0.0570. The number of urea groups is 1. The van der Waals surface area contributed by atoms with E-state index in [1.807, 2.05) is 42.0 Å². The lowest BCUT2D eigenvalue weighted by atomic mass is 10.2. The molecule has 1 aromatic carbocycles. The first-order valence-electron chi connectivity index (χ1n) is 8.27. The van der Waals surface area contributed by atoms with E-state index in [2.05, 4.69) is 24.1 Å². The summed E-state index contributed by atoms with van der Waals surface area (Å²) in [6, 6.07) is 7.71. The van der Waals surface area contributed by atoms with Gasteiger partial charge in [0.2, 0.25) is 0 Å². The molecular formula is C18H25ClN4O. The van der Waals surface area contributed by atoms with Gasteiger partial charge in [0, 0.05) is 30.5 Å². The minimum Gasteiger partial charge on any atom is -0.338 e. The number of nitrogens with zero attached hydrogens (tertiary/aromatic N) is 3. The molecule has 0 saturated carbocycles. The Morgan fingerprint density at radius 2 is 2.12 bits per heavy atom. The summed E-state index contributed by atoms with van der Waals surface area (Å²) < 4.78 is 2.04. The second-order valence-electron chi connectivity index (χ2n) is 6.17. The number of carbonyl (C=O) groups is 1. The van der Waals surface area contributed by atoms with E-state index in [0.717, 1.165) is 16.4 Å². The number of nitrogens with one attached hydrogen (secondary N) is 1. The maximum Gasteiger partial charge on any atom is 0.317 e. The van der Waals surface area contributed by atoms with Gasteiger partial charge in [-0.1, -0.05) is 43.6 Å². The Hall–Kier alpha value is -2.01. The molecule has 2 aromatic rings. The summed E-state index contributed by atoms with van der Waals surface area (Å²) in [4.78, 5) is 18.5. The number of aromatic nitrogens is 2. The molecule has 5 nitrogen and oxygen atoms in total. The van der Waals surface area contributed by atoms with Crippen molar-refractivity contribution < 1.29 is 4.79 Å². The number of rotatable bonds is 7. The monoisotopic (exact) mass is 348 g/mol. The predicted octanol–water partition coefficient (Wildman–Crippen LogP) is 3.77. The van der Waals surface area contributed by atoms with Crippen molar-refractivity contribution in [2.45, 2.75) is 33.9 Å². The van der Waals surface area contributed by atoms with Gasteiger partial charge in [-0.05, 0) is 24.5 Å². The average Bonchev–Trinajstić information content (AvgIpc) is 2.96. The molecular weight excluding hydrogens is 324 g/mol. The van der Waals surface area contributed by atoms with Gasteiger partial charge in [0.05, 0.1) is 13.1 Å². The van der Waals surface area contributed by atoms with Crippen molar-refractivity contribution in [3.63, 3.8) is 0 Å². The zero-order valence-electron chi connectivity index (χ0n) is 14.5. The molecule has 0 aliphatic rings. The predicted molar refractivity (Wildman–Crippen MR) is 97.1 cm³/mol. The van der Waals surface area contributed by atoms with Crippen LogP contribution in [0.4, 0.5) is 4.79 Å².